The number of carboxylic acid groups (broad SMARTS) is 1. The second-order valence-corrected chi connectivity index (χ2v) is 4.34. The smallest absolute Gasteiger partial charge is 0.338 e. The van der Waals surface area contributed by atoms with Crippen LogP contribution in [0.15, 0.2) is 18.2 Å². The molecule has 0 saturated carbocycles. The predicted octanol–water partition coefficient (Wildman–Crippen LogP) is 1.51. The van der Waals surface area contributed by atoms with E-state index in [4.69, 9.17) is 9.84 Å². The van der Waals surface area contributed by atoms with Crippen LogP contribution in [0.1, 0.15) is 10.4 Å². The second kappa shape index (κ2) is 7.70. The molecule has 0 aliphatic carbocycles. The average molecular weight is 270 g/mol. The van der Waals surface area contributed by atoms with Gasteiger partial charge in [-0.1, -0.05) is 0 Å². The molecule has 0 aliphatic heterocycles. The standard InChI is InChI=1S/C13H19FN2O3/c1-16(2)6-8-19-7-5-15-10-3-4-11(13(17)18)12(14)9-10/h3-4,9,15H,5-8H2,1-2H3,(H,17,18). The number of hydrogen-bond donors (Lipinski definition) is 2. The van der Waals surface area contributed by atoms with Crippen molar-refractivity contribution in [3.63, 3.8) is 0 Å². The molecule has 0 amide bonds. The van der Waals surface area contributed by atoms with Gasteiger partial charge in [0.25, 0.3) is 0 Å². The van der Waals surface area contributed by atoms with Gasteiger partial charge in [-0.05, 0) is 32.3 Å². The molecule has 0 aliphatic rings. The summed E-state index contributed by atoms with van der Waals surface area (Å²) < 4.78 is 18.7. The van der Waals surface area contributed by atoms with Crippen LogP contribution in [-0.4, -0.2) is 56.4 Å². The maximum Gasteiger partial charge on any atom is 0.338 e. The molecule has 0 bridgehead atoms. The van der Waals surface area contributed by atoms with Crippen LogP contribution in [0.5, 0.6) is 0 Å². The van der Waals surface area contributed by atoms with E-state index >= 15 is 0 Å². The number of nitrogens with one attached hydrogen (secondary N) is 1. The predicted molar refractivity (Wildman–Crippen MR) is 71.2 cm³/mol. The van der Waals surface area contributed by atoms with E-state index in [0.717, 1.165) is 6.54 Å². The highest BCUT2D eigenvalue weighted by Gasteiger charge is 2.09. The fourth-order valence-corrected chi connectivity index (χ4v) is 1.42. The fraction of sp³-hybridized carbons (Fsp3) is 0.462. The van der Waals surface area contributed by atoms with E-state index in [-0.39, 0.29) is 5.56 Å². The number of nitrogens with zero attached hydrogens (tertiary/aromatic N) is 1. The maximum absolute atomic E-state index is 13.4. The van der Waals surface area contributed by atoms with E-state index in [1.165, 1.54) is 18.2 Å². The van der Waals surface area contributed by atoms with Crippen LogP contribution in [0, 0.1) is 5.82 Å². The van der Waals surface area contributed by atoms with Gasteiger partial charge in [-0.15, -0.1) is 0 Å². The van der Waals surface area contributed by atoms with Crippen LogP contribution in [0.25, 0.3) is 0 Å². The average Bonchev–Trinajstić information content (AvgIpc) is 2.32. The number of halogens is 1. The zero-order valence-electron chi connectivity index (χ0n) is 11.1. The number of anilines is 1. The van der Waals surface area contributed by atoms with Gasteiger partial charge in [-0.2, -0.15) is 0 Å². The number of benzene rings is 1. The minimum absolute atomic E-state index is 0.326. The Hall–Kier alpha value is -1.66. The summed E-state index contributed by atoms with van der Waals surface area (Å²) in [7, 11) is 3.93. The molecule has 5 nitrogen and oxygen atoms in total. The highest BCUT2D eigenvalue weighted by molar-refractivity contribution is 5.88. The number of carboxylic acids is 1. The molecule has 0 atom stereocenters. The largest absolute Gasteiger partial charge is 0.478 e. The molecule has 0 radical (unpaired) electrons. The third-order valence-electron chi connectivity index (χ3n) is 2.46. The molecule has 0 heterocycles. The highest BCUT2D eigenvalue weighted by atomic mass is 19.1. The number of hydrogen-bond acceptors (Lipinski definition) is 4. The molecule has 1 aromatic rings. The Labute approximate surface area is 112 Å². The van der Waals surface area contributed by atoms with Crippen LogP contribution in [0.2, 0.25) is 0 Å². The van der Waals surface area contributed by atoms with Gasteiger partial charge in [0.05, 0.1) is 18.8 Å². The van der Waals surface area contributed by atoms with Gasteiger partial charge >= 0.3 is 5.97 Å². The molecule has 0 spiro atoms. The molecule has 0 saturated heterocycles. The highest BCUT2D eigenvalue weighted by Crippen LogP contribution is 2.14. The minimum atomic E-state index is -1.27. The van der Waals surface area contributed by atoms with E-state index in [2.05, 4.69) is 5.32 Å². The zero-order valence-corrected chi connectivity index (χ0v) is 11.1. The Morgan fingerprint density at radius 3 is 2.74 bits per heavy atom. The van der Waals surface area contributed by atoms with E-state index in [9.17, 15) is 9.18 Å². The molecule has 19 heavy (non-hydrogen) atoms. The number of likely N-dealkylation sites (N-methyl/N-ethyl adjacent to an activating group) is 1. The van der Waals surface area contributed by atoms with Crippen LogP contribution in [0.3, 0.4) is 0 Å². The first-order valence-electron chi connectivity index (χ1n) is 6.00. The Morgan fingerprint density at radius 2 is 2.16 bits per heavy atom. The normalized spacial score (nSPS) is 10.7. The Balaban J connectivity index is 2.30. The summed E-state index contributed by atoms with van der Waals surface area (Å²) in [5.41, 5.74) is 0.214. The summed E-state index contributed by atoms with van der Waals surface area (Å²) >= 11 is 0. The second-order valence-electron chi connectivity index (χ2n) is 4.34. The summed E-state index contributed by atoms with van der Waals surface area (Å²) in [5, 5.41) is 11.7. The zero-order chi connectivity index (χ0) is 14.3. The molecule has 2 N–H and O–H groups in total. The van der Waals surface area contributed by atoms with E-state index in [0.29, 0.717) is 25.4 Å². The van der Waals surface area contributed by atoms with Crippen molar-refractivity contribution in [2.75, 3.05) is 45.7 Å². The summed E-state index contributed by atoms with van der Waals surface area (Å²) in [5.74, 6) is -2.01. The Kier molecular flexibility index (Phi) is 6.24. The van der Waals surface area contributed by atoms with Crippen molar-refractivity contribution in [3.05, 3.63) is 29.6 Å². The van der Waals surface area contributed by atoms with Crippen LogP contribution in [-0.2, 0) is 4.74 Å². The van der Waals surface area contributed by atoms with Gasteiger partial charge in [0.2, 0.25) is 0 Å². The van der Waals surface area contributed by atoms with Crippen molar-refractivity contribution >= 4 is 11.7 Å². The van der Waals surface area contributed by atoms with Gasteiger partial charge in [0.1, 0.15) is 5.82 Å². The summed E-state index contributed by atoms with van der Waals surface area (Å²) in [6, 6.07) is 3.95. The number of carbonyl (C=O) groups is 1. The summed E-state index contributed by atoms with van der Waals surface area (Å²) in [6.45, 7) is 2.54. The number of ether oxygens (including phenoxy) is 1. The van der Waals surface area contributed by atoms with Crippen molar-refractivity contribution in [1.29, 1.82) is 0 Å². The molecule has 106 valence electrons. The monoisotopic (exact) mass is 270 g/mol. The summed E-state index contributed by atoms with van der Waals surface area (Å²) in [6.07, 6.45) is 0. The van der Waals surface area contributed by atoms with Crippen molar-refractivity contribution < 1.29 is 19.0 Å². The van der Waals surface area contributed by atoms with Gasteiger partial charge < -0.3 is 20.1 Å². The Bertz CT molecular complexity index is 424. The van der Waals surface area contributed by atoms with Gasteiger partial charge in [-0.25, -0.2) is 9.18 Å². The maximum atomic E-state index is 13.4. The van der Waals surface area contributed by atoms with Crippen LogP contribution in [0.4, 0.5) is 10.1 Å². The first kappa shape index (κ1) is 15.4. The molecule has 1 rings (SSSR count). The summed E-state index contributed by atoms with van der Waals surface area (Å²) in [4.78, 5) is 12.7. The van der Waals surface area contributed by atoms with E-state index in [1.807, 2.05) is 19.0 Å². The van der Waals surface area contributed by atoms with Crippen molar-refractivity contribution in [3.8, 4) is 0 Å². The van der Waals surface area contributed by atoms with Gasteiger partial charge in [0, 0.05) is 18.8 Å². The molecular weight excluding hydrogens is 251 g/mol. The van der Waals surface area contributed by atoms with Crippen molar-refractivity contribution in [2.45, 2.75) is 0 Å². The third-order valence-corrected chi connectivity index (χ3v) is 2.46. The lowest BCUT2D eigenvalue weighted by atomic mass is 10.2. The lowest BCUT2D eigenvalue weighted by Gasteiger charge is -2.11. The lowest BCUT2D eigenvalue weighted by Crippen LogP contribution is -2.20. The number of aromatic carboxylic acids is 1. The van der Waals surface area contributed by atoms with Gasteiger partial charge in [0.15, 0.2) is 0 Å². The quantitative estimate of drug-likeness (QED) is 0.701. The molecule has 6 heteroatoms. The SMILES string of the molecule is CN(C)CCOCCNc1ccc(C(=O)O)c(F)c1. The topological polar surface area (TPSA) is 61.8 Å². The first-order valence-corrected chi connectivity index (χ1v) is 6.00. The van der Waals surface area contributed by atoms with E-state index in [1.54, 1.807) is 0 Å². The van der Waals surface area contributed by atoms with Gasteiger partial charge in [-0.3, -0.25) is 0 Å². The van der Waals surface area contributed by atoms with Crippen molar-refractivity contribution in [2.24, 2.45) is 0 Å². The lowest BCUT2D eigenvalue weighted by molar-refractivity contribution is 0.0692. The third kappa shape index (κ3) is 5.67. The van der Waals surface area contributed by atoms with Crippen molar-refractivity contribution in [1.82, 2.24) is 4.90 Å². The minimum Gasteiger partial charge on any atom is -0.478 e. The van der Waals surface area contributed by atoms with Crippen LogP contribution >= 0.6 is 0 Å². The first-order chi connectivity index (χ1) is 9.00. The Morgan fingerprint density at radius 1 is 1.42 bits per heavy atom. The molecule has 0 fully saturated rings. The molecular formula is C13H19FN2O3. The van der Waals surface area contributed by atoms with Crippen LogP contribution < -0.4 is 5.32 Å². The van der Waals surface area contributed by atoms with E-state index < -0.39 is 11.8 Å². The molecule has 1 aromatic carbocycles. The molecule has 0 unspecified atom stereocenters. The fourth-order valence-electron chi connectivity index (χ4n) is 1.42. The molecule has 0 aromatic heterocycles. The number of rotatable bonds is 8.